The molecule has 0 unspecified atom stereocenters. The molecule has 0 saturated carbocycles. The van der Waals surface area contributed by atoms with Crippen LogP contribution in [0.15, 0.2) is 81.6 Å². The maximum Gasteiger partial charge on any atom is 0.419 e. The average Bonchev–Trinajstić information content (AvgIpc) is 3.03. The molecule has 1 heterocycles. The number of hydrogen-bond donors (Lipinski definition) is 1. The Labute approximate surface area is 209 Å². The SMILES string of the molecule is CC1=C(N(Cc2ccc(F)c(C(F)(F)F)c2)S(=O)(=O)c2ccc(C(=O)O)cc2)S(=O)(=O)c2ccccc21. The highest BCUT2D eigenvalue weighted by atomic mass is 32.2. The van der Waals surface area contributed by atoms with E-state index < -0.39 is 59.9 Å². The van der Waals surface area contributed by atoms with Crippen LogP contribution in [0.2, 0.25) is 0 Å². The van der Waals surface area contributed by atoms with E-state index in [0.717, 1.165) is 30.3 Å². The van der Waals surface area contributed by atoms with Gasteiger partial charge in [0.1, 0.15) is 5.82 Å². The maximum absolute atomic E-state index is 13.9. The lowest BCUT2D eigenvalue weighted by Gasteiger charge is -2.26. The molecule has 4 rings (SSSR count). The topological polar surface area (TPSA) is 109 Å². The molecule has 0 bridgehead atoms. The van der Waals surface area contributed by atoms with E-state index in [9.17, 15) is 39.2 Å². The summed E-state index contributed by atoms with van der Waals surface area (Å²) in [7, 11) is -9.22. The van der Waals surface area contributed by atoms with Crippen molar-refractivity contribution < 1.29 is 44.3 Å². The second kappa shape index (κ2) is 8.99. The minimum absolute atomic E-state index is 0.0412. The van der Waals surface area contributed by atoms with E-state index in [1.165, 1.54) is 25.1 Å². The number of rotatable bonds is 6. The molecule has 0 aromatic heterocycles. The lowest BCUT2D eigenvalue weighted by Crippen LogP contribution is -2.33. The van der Waals surface area contributed by atoms with Crippen molar-refractivity contribution in [2.24, 2.45) is 0 Å². The van der Waals surface area contributed by atoms with Gasteiger partial charge in [-0.25, -0.2) is 26.0 Å². The first-order valence-electron chi connectivity index (χ1n) is 10.4. The number of benzene rings is 3. The van der Waals surface area contributed by atoms with E-state index in [2.05, 4.69) is 0 Å². The molecule has 3 aromatic carbocycles. The Bertz CT molecular complexity index is 1660. The van der Waals surface area contributed by atoms with Crippen LogP contribution in [0.1, 0.15) is 34.0 Å². The summed E-state index contributed by atoms with van der Waals surface area (Å²) in [6.07, 6.45) is -5.08. The van der Waals surface area contributed by atoms with Crippen LogP contribution in [0.3, 0.4) is 0 Å². The van der Waals surface area contributed by atoms with Gasteiger partial charge < -0.3 is 5.11 Å². The number of alkyl halides is 3. The van der Waals surface area contributed by atoms with Crippen LogP contribution >= 0.6 is 0 Å². The fraction of sp³-hybridized carbons (Fsp3) is 0.125. The van der Waals surface area contributed by atoms with Crippen molar-refractivity contribution in [2.45, 2.75) is 29.4 Å². The van der Waals surface area contributed by atoms with Gasteiger partial charge >= 0.3 is 12.1 Å². The highest BCUT2D eigenvalue weighted by molar-refractivity contribution is 7.97. The highest BCUT2D eigenvalue weighted by Gasteiger charge is 2.42. The van der Waals surface area contributed by atoms with E-state index in [0.29, 0.717) is 16.4 Å². The number of sulfonamides is 1. The first-order chi connectivity index (χ1) is 17.2. The number of hydrogen-bond acceptors (Lipinski definition) is 5. The van der Waals surface area contributed by atoms with E-state index in [4.69, 9.17) is 5.11 Å². The van der Waals surface area contributed by atoms with E-state index in [-0.39, 0.29) is 27.2 Å². The summed E-state index contributed by atoms with van der Waals surface area (Å²) in [5.74, 6) is -2.91. The number of allylic oxidation sites excluding steroid dienone is 1. The summed E-state index contributed by atoms with van der Waals surface area (Å²) in [4.78, 5) is 10.5. The van der Waals surface area contributed by atoms with Gasteiger partial charge in [-0.3, -0.25) is 4.31 Å². The zero-order valence-corrected chi connectivity index (χ0v) is 20.5. The van der Waals surface area contributed by atoms with Crippen LogP contribution in [0.5, 0.6) is 0 Å². The molecule has 0 aliphatic carbocycles. The lowest BCUT2D eigenvalue weighted by molar-refractivity contribution is -0.140. The molecule has 1 N–H and O–H groups in total. The molecule has 0 amide bonds. The van der Waals surface area contributed by atoms with E-state index in [1.54, 1.807) is 6.07 Å². The second-order valence-electron chi connectivity index (χ2n) is 8.08. The Morgan fingerprint density at radius 2 is 1.62 bits per heavy atom. The number of carboxylic acids is 1. The van der Waals surface area contributed by atoms with Gasteiger partial charge in [0, 0.05) is 0 Å². The quantitative estimate of drug-likeness (QED) is 0.433. The van der Waals surface area contributed by atoms with Crippen LogP contribution in [-0.4, -0.2) is 32.2 Å². The van der Waals surface area contributed by atoms with Crippen molar-refractivity contribution in [3.8, 4) is 0 Å². The average molecular weight is 556 g/mol. The zero-order valence-electron chi connectivity index (χ0n) is 18.8. The Morgan fingerprint density at radius 1 is 1.00 bits per heavy atom. The summed E-state index contributed by atoms with van der Waals surface area (Å²) < 4.78 is 109. The molecule has 0 fully saturated rings. The van der Waals surface area contributed by atoms with Gasteiger partial charge in [0.05, 0.1) is 27.5 Å². The van der Waals surface area contributed by atoms with Crippen LogP contribution in [0, 0.1) is 5.82 Å². The Balaban J connectivity index is 1.93. The van der Waals surface area contributed by atoms with E-state index >= 15 is 0 Å². The second-order valence-corrected chi connectivity index (χ2v) is 11.8. The first kappa shape index (κ1) is 26.4. The number of carbonyl (C=O) groups is 1. The fourth-order valence-electron chi connectivity index (χ4n) is 3.97. The molecule has 1 aliphatic rings. The standard InChI is InChI=1S/C24H17F4NO6S2/c1-14-18-4-2-3-5-21(18)36(32,33)22(14)29(13-15-6-11-20(25)19(12-15)24(26,27)28)37(34,35)17-9-7-16(8-10-17)23(30)31/h2-12H,13H2,1H3,(H,30,31). The number of nitrogens with zero attached hydrogens (tertiary/aromatic N) is 1. The first-order valence-corrected chi connectivity index (χ1v) is 13.3. The summed E-state index contributed by atoms with van der Waals surface area (Å²) in [6, 6.07) is 11.4. The molecular weight excluding hydrogens is 538 g/mol. The third kappa shape index (κ3) is 4.60. The third-order valence-electron chi connectivity index (χ3n) is 5.73. The Hall–Kier alpha value is -3.71. The fourth-order valence-corrected chi connectivity index (χ4v) is 7.79. The smallest absolute Gasteiger partial charge is 0.419 e. The minimum atomic E-state index is -5.08. The molecule has 3 aromatic rings. The molecule has 13 heteroatoms. The van der Waals surface area contributed by atoms with Crippen LogP contribution < -0.4 is 0 Å². The molecular formula is C24H17F4NO6S2. The van der Waals surface area contributed by atoms with Crippen molar-refractivity contribution in [1.29, 1.82) is 0 Å². The van der Waals surface area contributed by atoms with Gasteiger partial charge in [-0.1, -0.05) is 24.3 Å². The predicted octanol–water partition coefficient (Wildman–Crippen LogP) is 4.91. The molecule has 194 valence electrons. The van der Waals surface area contributed by atoms with Crippen LogP contribution in [-0.2, 0) is 32.6 Å². The summed E-state index contributed by atoms with van der Waals surface area (Å²) >= 11 is 0. The monoisotopic (exact) mass is 555 g/mol. The van der Waals surface area contributed by atoms with Crippen molar-refractivity contribution in [3.05, 3.63) is 99.8 Å². The summed E-state index contributed by atoms with van der Waals surface area (Å²) in [5, 5.41) is 8.43. The maximum atomic E-state index is 13.9. The molecule has 7 nitrogen and oxygen atoms in total. The number of carboxylic acid groups (broad SMARTS) is 1. The van der Waals surface area contributed by atoms with Gasteiger partial charge in [0.15, 0.2) is 5.03 Å². The van der Waals surface area contributed by atoms with Crippen molar-refractivity contribution in [1.82, 2.24) is 4.31 Å². The normalized spacial score (nSPS) is 14.9. The van der Waals surface area contributed by atoms with Gasteiger partial charge in [-0.2, -0.15) is 13.2 Å². The Morgan fingerprint density at radius 3 is 2.19 bits per heavy atom. The van der Waals surface area contributed by atoms with Gasteiger partial charge in [0.2, 0.25) is 9.84 Å². The molecule has 37 heavy (non-hydrogen) atoms. The molecule has 0 atom stereocenters. The summed E-state index contributed by atoms with van der Waals surface area (Å²) in [5.41, 5.74) is -1.95. The van der Waals surface area contributed by atoms with Crippen molar-refractivity contribution in [3.63, 3.8) is 0 Å². The Kier molecular flexibility index (Phi) is 6.41. The number of halogens is 4. The molecule has 0 saturated heterocycles. The largest absolute Gasteiger partial charge is 0.478 e. The van der Waals surface area contributed by atoms with Gasteiger partial charge in [0.25, 0.3) is 10.0 Å². The molecule has 0 spiro atoms. The van der Waals surface area contributed by atoms with E-state index in [1.807, 2.05) is 0 Å². The molecule has 1 aliphatic heterocycles. The van der Waals surface area contributed by atoms with Gasteiger partial charge in [-0.05, 0) is 66.1 Å². The van der Waals surface area contributed by atoms with Crippen LogP contribution in [0.4, 0.5) is 17.6 Å². The molecule has 0 radical (unpaired) electrons. The minimum Gasteiger partial charge on any atom is -0.478 e. The highest BCUT2D eigenvalue weighted by Crippen LogP contribution is 2.43. The zero-order chi connectivity index (χ0) is 27.3. The predicted molar refractivity (Wildman–Crippen MR) is 124 cm³/mol. The number of sulfone groups is 1. The number of aromatic carboxylic acids is 1. The van der Waals surface area contributed by atoms with Crippen molar-refractivity contribution in [2.75, 3.05) is 0 Å². The van der Waals surface area contributed by atoms with Crippen LogP contribution in [0.25, 0.3) is 5.57 Å². The number of fused-ring (bicyclic) bond motifs is 1. The summed E-state index contributed by atoms with van der Waals surface area (Å²) in [6.45, 7) is 0.479. The van der Waals surface area contributed by atoms with Gasteiger partial charge in [-0.15, -0.1) is 0 Å². The van der Waals surface area contributed by atoms with Crippen molar-refractivity contribution >= 4 is 31.4 Å². The lowest BCUT2D eigenvalue weighted by atomic mass is 10.1. The third-order valence-corrected chi connectivity index (χ3v) is 9.58.